The number of nitrogens with zero attached hydrogens (tertiary/aromatic N) is 2. The van der Waals surface area contributed by atoms with Crippen molar-refractivity contribution in [2.24, 2.45) is 0 Å². The minimum Gasteiger partial charge on any atom is -0.383 e. The van der Waals surface area contributed by atoms with E-state index in [4.69, 9.17) is 0 Å². The first-order chi connectivity index (χ1) is 11.0. The molecule has 5 heteroatoms. The molecule has 0 radical (unpaired) electrons. The molecular formula is C18H24N4O. The smallest absolute Gasteiger partial charge is 0.270 e. The molecule has 0 aliphatic carbocycles. The Kier molecular flexibility index (Phi) is 6.11. The van der Waals surface area contributed by atoms with E-state index in [0.29, 0.717) is 12.2 Å². The molecule has 2 aromatic rings. The lowest BCUT2D eigenvalue weighted by molar-refractivity contribution is 0.0946. The van der Waals surface area contributed by atoms with E-state index in [1.807, 2.05) is 45.3 Å². The van der Waals surface area contributed by atoms with Gasteiger partial charge in [0.1, 0.15) is 5.69 Å². The van der Waals surface area contributed by atoms with Crippen molar-refractivity contribution < 1.29 is 4.79 Å². The fourth-order valence-electron chi connectivity index (χ4n) is 2.15. The van der Waals surface area contributed by atoms with Crippen LogP contribution in [0.1, 0.15) is 21.6 Å². The van der Waals surface area contributed by atoms with Gasteiger partial charge in [0.05, 0.1) is 11.9 Å². The van der Waals surface area contributed by atoms with Gasteiger partial charge in [0.2, 0.25) is 0 Å². The van der Waals surface area contributed by atoms with Crippen LogP contribution in [0.2, 0.25) is 0 Å². The summed E-state index contributed by atoms with van der Waals surface area (Å²) in [6.45, 7) is 4.33. The predicted octanol–water partition coefficient (Wildman–Crippen LogP) is 2.29. The minimum absolute atomic E-state index is 0.161. The molecular weight excluding hydrogens is 288 g/mol. The van der Waals surface area contributed by atoms with Gasteiger partial charge in [-0.1, -0.05) is 29.8 Å². The quantitative estimate of drug-likeness (QED) is 0.823. The molecule has 0 unspecified atom stereocenters. The maximum Gasteiger partial charge on any atom is 0.270 e. The van der Waals surface area contributed by atoms with Crippen LogP contribution in [0.5, 0.6) is 0 Å². The average molecular weight is 312 g/mol. The van der Waals surface area contributed by atoms with Gasteiger partial charge in [-0.25, -0.2) is 4.98 Å². The second-order valence-electron chi connectivity index (χ2n) is 5.83. The number of likely N-dealkylation sites (N-methyl/N-ethyl adjacent to an activating group) is 1. The van der Waals surface area contributed by atoms with Crippen molar-refractivity contribution in [3.63, 3.8) is 0 Å². The molecule has 0 aliphatic heterocycles. The van der Waals surface area contributed by atoms with Crippen LogP contribution in [0.25, 0.3) is 0 Å². The number of nitrogens with one attached hydrogen (secondary N) is 2. The molecule has 0 saturated carbocycles. The monoisotopic (exact) mass is 312 g/mol. The molecule has 0 bridgehead atoms. The Labute approximate surface area is 137 Å². The summed E-state index contributed by atoms with van der Waals surface area (Å²) >= 11 is 0. The first-order valence-corrected chi connectivity index (χ1v) is 7.73. The van der Waals surface area contributed by atoms with E-state index in [0.717, 1.165) is 24.3 Å². The summed E-state index contributed by atoms with van der Waals surface area (Å²) in [4.78, 5) is 18.4. The third-order valence-electron chi connectivity index (χ3n) is 3.42. The van der Waals surface area contributed by atoms with Crippen LogP contribution in [-0.2, 0) is 6.54 Å². The van der Waals surface area contributed by atoms with Gasteiger partial charge in [0, 0.05) is 19.6 Å². The SMILES string of the molecule is Cc1cccc(CNC(=O)c2ccc(NCCN(C)C)cn2)c1. The average Bonchev–Trinajstić information content (AvgIpc) is 2.53. The van der Waals surface area contributed by atoms with Gasteiger partial charge in [-0.05, 0) is 38.7 Å². The number of hydrogen-bond donors (Lipinski definition) is 2. The molecule has 2 N–H and O–H groups in total. The molecule has 1 amide bonds. The maximum absolute atomic E-state index is 12.1. The van der Waals surface area contributed by atoms with Crippen LogP contribution in [0.15, 0.2) is 42.6 Å². The number of pyridine rings is 1. The summed E-state index contributed by atoms with van der Waals surface area (Å²) in [5.74, 6) is -0.161. The third kappa shape index (κ3) is 5.71. The second kappa shape index (κ2) is 8.29. The van der Waals surface area contributed by atoms with Crippen molar-refractivity contribution >= 4 is 11.6 Å². The van der Waals surface area contributed by atoms with Gasteiger partial charge >= 0.3 is 0 Å². The minimum atomic E-state index is -0.161. The number of hydrogen-bond acceptors (Lipinski definition) is 4. The highest BCUT2D eigenvalue weighted by atomic mass is 16.1. The number of aromatic nitrogens is 1. The normalized spacial score (nSPS) is 10.6. The van der Waals surface area contributed by atoms with Gasteiger partial charge in [0.15, 0.2) is 0 Å². The number of carbonyl (C=O) groups is 1. The largest absolute Gasteiger partial charge is 0.383 e. The lowest BCUT2D eigenvalue weighted by Crippen LogP contribution is -2.24. The highest BCUT2D eigenvalue weighted by molar-refractivity contribution is 5.92. The van der Waals surface area contributed by atoms with E-state index < -0.39 is 0 Å². The summed E-state index contributed by atoms with van der Waals surface area (Å²) < 4.78 is 0. The Morgan fingerprint density at radius 2 is 2.04 bits per heavy atom. The Morgan fingerprint density at radius 3 is 2.70 bits per heavy atom. The first kappa shape index (κ1) is 17.0. The highest BCUT2D eigenvalue weighted by Gasteiger charge is 2.07. The zero-order chi connectivity index (χ0) is 16.7. The Balaban J connectivity index is 1.85. The molecule has 0 saturated heterocycles. The molecule has 0 fully saturated rings. The van der Waals surface area contributed by atoms with Gasteiger partial charge in [0.25, 0.3) is 5.91 Å². The fourth-order valence-corrected chi connectivity index (χ4v) is 2.15. The van der Waals surface area contributed by atoms with E-state index in [-0.39, 0.29) is 5.91 Å². The van der Waals surface area contributed by atoms with Gasteiger partial charge in [-0.15, -0.1) is 0 Å². The number of amides is 1. The topological polar surface area (TPSA) is 57.3 Å². The molecule has 0 aliphatic rings. The molecule has 1 aromatic heterocycles. The van der Waals surface area contributed by atoms with Crippen molar-refractivity contribution in [1.29, 1.82) is 0 Å². The molecule has 122 valence electrons. The van der Waals surface area contributed by atoms with E-state index in [1.165, 1.54) is 5.56 Å². The molecule has 1 aromatic carbocycles. The number of aryl methyl sites for hydroxylation is 1. The van der Waals surface area contributed by atoms with Crippen LogP contribution >= 0.6 is 0 Å². The summed E-state index contributed by atoms with van der Waals surface area (Å²) in [7, 11) is 4.06. The molecule has 0 spiro atoms. The third-order valence-corrected chi connectivity index (χ3v) is 3.42. The number of rotatable bonds is 7. The van der Waals surface area contributed by atoms with Crippen LogP contribution in [0.3, 0.4) is 0 Å². The van der Waals surface area contributed by atoms with E-state index in [9.17, 15) is 4.79 Å². The van der Waals surface area contributed by atoms with Crippen molar-refractivity contribution in [2.75, 3.05) is 32.5 Å². The lowest BCUT2D eigenvalue weighted by Gasteiger charge is -2.11. The highest BCUT2D eigenvalue weighted by Crippen LogP contribution is 2.07. The zero-order valence-electron chi connectivity index (χ0n) is 14.0. The second-order valence-corrected chi connectivity index (χ2v) is 5.83. The van der Waals surface area contributed by atoms with Crippen molar-refractivity contribution in [3.05, 3.63) is 59.4 Å². The lowest BCUT2D eigenvalue weighted by atomic mass is 10.1. The van der Waals surface area contributed by atoms with E-state index >= 15 is 0 Å². The van der Waals surface area contributed by atoms with Crippen LogP contribution in [0.4, 0.5) is 5.69 Å². The van der Waals surface area contributed by atoms with Crippen LogP contribution in [0, 0.1) is 6.92 Å². The summed E-state index contributed by atoms with van der Waals surface area (Å²) in [5.41, 5.74) is 3.61. The van der Waals surface area contributed by atoms with Crippen LogP contribution < -0.4 is 10.6 Å². The van der Waals surface area contributed by atoms with Crippen molar-refractivity contribution in [1.82, 2.24) is 15.2 Å². The number of benzene rings is 1. The molecule has 5 nitrogen and oxygen atoms in total. The Bertz CT molecular complexity index is 638. The number of anilines is 1. The first-order valence-electron chi connectivity index (χ1n) is 7.73. The van der Waals surface area contributed by atoms with Gasteiger partial charge in [-0.2, -0.15) is 0 Å². The summed E-state index contributed by atoms with van der Waals surface area (Å²) in [6, 6.07) is 11.7. The molecule has 2 rings (SSSR count). The van der Waals surface area contributed by atoms with Crippen molar-refractivity contribution in [3.8, 4) is 0 Å². The Hall–Kier alpha value is -2.40. The molecule has 0 atom stereocenters. The Morgan fingerprint density at radius 1 is 1.22 bits per heavy atom. The van der Waals surface area contributed by atoms with Gasteiger partial charge < -0.3 is 15.5 Å². The summed E-state index contributed by atoms with van der Waals surface area (Å²) in [5, 5.41) is 6.16. The molecule has 1 heterocycles. The maximum atomic E-state index is 12.1. The van der Waals surface area contributed by atoms with Gasteiger partial charge in [-0.3, -0.25) is 4.79 Å². The van der Waals surface area contributed by atoms with Crippen molar-refractivity contribution in [2.45, 2.75) is 13.5 Å². The number of carbonyl (C=O) groups excluding carboxylic acids is 1. The molecule has 23 heavy (non-hydrogen) atoms. The fraction of sp³-hybridized carbons (Fsp3) is 0.333. The predicted molar refractivity (Wildman–Crippen MR) is 93.6 cm³/mol. The van der Waals surface area contributed by atoms with Crippen LogP contribution in [-0.4, -0.2) is 43.0 Å². The van der Waals surface area contributed by atoms with E-state index in [2.05, 4.69) is 26.6 Å². The summed E-state index contributed by atoms with van der Waals surface area (Å²) in [6.07, 6.45) is 1.69. The zero-order valence-corrected chi connectivity index (χ0v) is 14.0. The van der Waals surface area contributed by atoms with E-state index in [1.54, 1.807) is 12.3 Å². The standard InChI is InChI=1S/C18H24N4O/c1-14-5-4-6-15(11-14)12-21-18(23)17-8-7-16(13-20-17)19-9-10-22(2)3/h4-8,11,13,19H,9-10,12H2,1-3H3,(H,21,23).